The van der Waals surface area contributed by atoms with Crippen molar-refractivity contribution in [3.63, 3.8) is 0 Å². The van der Waals surface area contributed by atoms with Crippen molar-refractivity contribution in [3.8, 4) is 0 Å². The van der Waals surface area contributed by atoms with Crippen molar-refractivity contribution < 1.29 is 4.79 Å². The molecule has 0 aromatic heterocycles. The smallest absolute Gasteiger partial charge is 0.185 e. The molecular weight excluding hydrogens is 380 g/mol. The molecule has 0 fully saturated rings. The molecule has 0 unspecified atom stereocenters. The van der Waals surface area contributed by atoms with Gasteiger partial charge < -0.3 is 10.2 Å². The van der Waals surface area contributed by atoms with E-state index >= 15 is 0 Å². The molecule has 29 heavy (non-hydrogen) atoms. The third-order valence-corrected chi connectivity index (χ3v) is 4.93. The van der Waals surface area contributed by atoms with Crippen LogP contribution in [0.15, 0.2) is 77.5 Å². The number of nitrogens with one attached hydrogen (secondary N) is 1. The predicted molar refractivity (Wildman–Crippen MR) is 126 cm³/mol. The molecule has 5 nitrogen and oxygen atoms in total. The Balaban J connectivity index is 2.12. The highest BCUT2D eigenvalue weighted by Crippen LogP contribution is 2.27. The Morgan fingerprint density at radius 1 is 1.21 bits per heavy atom. The Hall–Kier alpha value is -2.86. The summed E-state index contributed by atoms with van der Waals surface area (Å²) in [6, 6.07) is 15.9. The summed E-state index contributed by atoms with van der Waals surface area (Å²) in [5, 5.41) is 12.4. The second kappa shape index (κ2) is 11.9. The van der Waals surface area contributed by atoms with Gasteiger partial charge >= 0.3 is 0 Å². The Bertz CT molecular complexity index is 875. The van der Waals surface area contributed by atoms with Crippen LogP contribution in [-0.2, 0) is 4.79 Å². The highest BCUT2D eigenvalue weighted by atomic mass is 32.2. The molecule has 0 heterocycles. The number of allylic oxidation sites excluding steroid dienone is 2. The van der Waals surface area contributed by atoms with Gasteiger partial charge in [0.1, 0.15) is 0 Å². The van der Waals surface area contributed by atoms with Crippen LogP contribution in [0.3, 0.4) is 0 Å². The maximum atomic E-state index is 11.0. The lowest BCUT2D eigenvalue weighted by Gasteiger charge is -2.18. The Morgan fingerprint density at radius 3 is 2.59 bits per heavy atom. The van der Waals surface area contributed by atoms with Gasteiger partial charge in [-0.25, -0.2) is 0 Å². The van der Waals surface area contributed by atoms with Crippen LogP contribution in [0.1, 0.15) is 19.4 Å². The number of carbonyl (C=O) groups is 1. The van der Waals surface area contributed by atoms with Gasteiger partial charge in [0.25, 0.3) is 0 Å². The fourth-order valence-electron chi connectivity index (χ4n) is 2.68. The number of anilines is 2. The van der Waals surface area contributed by atoms with E-state index < -0.39 is 0 Å². The van der Waals surface area contributed by atoms with Crippen molar-refractivity contribution in [3.05, 3.63) is 72.8 Å². The maximum Gasteiger partial charge on any atom is 0.185 e. The van der Waals surface area contributed by atoms with Crippen molar-refractivity contribution in [2.24, 2.45) is 10.2 Å². The van der Waals surface area contributed by atoms with Gasteiger partial charge in [-0.2, -0.15) is 5.11 Å². The second-order valence-corrected chi connectivity index (χ2v) is 7.61. The van der Waals surface area contributed by atoms with Gasteiger partial charge in [0, 0.05) is 49.8 Å². The fraction of sp³-hybridized carbons (Fsp3) is 0.261. The normalized spacial score (nSPS) is 11.5. The molecule has 0 spiro atoms. The van der Waals surface area contributed by atoms with Crippen LogP contribution in [-0.4, -0.2) is 31.0 Å². The molecule has 0 aliphatic rings. The number of thioether (sulfide) groups is 1. The first-order valence-electron chi connectivity index (χ1n) is 9.57. The van der Waals surface area contributed by atoms with E-state index in [1.165, 1.54) is 11.8 Å². The molecule has 2 aromatic rings. The number of benzene rings is 2. The van der Waals surface area contributed by atoms with Gasteiger partial charge in [-0.15, -0.1) is 5.11 Å². The van der Waals surface area contributed by atoms with Crippen LogP contribution < -0.4 is 10.2 Å². The van der Waals surface area contributed by atoms with Crippen LogP contribution in [0.4, 0.5) is 17.1 Å². The largest absolute Gasteiger partial charge is 0.385 e. The molecule has 0 atom stereocenters. The lowest BCUT2D eigenvalue weighted by atomic mass is 10.1. The predicted octanol–water partition coefficient (Wildman–Crippen LogP) is 6.15. The third-order valence-electron chi connectivity index (χ3n) is 4.14. The van der Waals surface area contributed by atoms with E-state index in [1.807, 2.05) is 61.7 Å². The van der Waals surface area contributed by atoms with E-state index in [9.17, 15) is 4.79 Å². The Morgan fingerprint density at radius 2 is 1.93 bits per heavy atom. The summed E-state index contributed by atoms with van der Waals surface area (Å²) in [5.41, 5.74) is 4.60. The summed E-state index contributed by atoms with van der Waals surface area (Å²) in [6.07, 6.45) is 3.57. The zero-order valence-corrected chi connectivity index (χ0v) is 18.1. The number of azo groups is 1. The summed E-state index contributed by atoms with van der Waals surface area (Å²) < 4.78 is 0. The van der Waals surface area contributed by atoms with Crippen LogP contribution >= 0.6 is 11.8 Å². The number of rotatable bonds is 10. The molecule has 0 saturated heterocycles. The van der Waals surface area contributed by atoms with Crippen LogP contribution in [0.25, 0.3) is 5.70 Å². The minimum atomic E-state index is 0.147. The van der Waals surface area contributed by atoms with Gasteiger partial charge in [0.05, 0.1) is 11.4 Å². The molecule has 0 bridgehead atoms. The van der Waals surface area contributed by atoms with E-state index in [4.69, 9.17) is 0 Å². The summed E-state index contributed by atoms with van der Waals surface area (Å²) in [5.74, 6) is 0.772. The monoisotopic (exact) mass is 408 g/mol. The molecule has 0 aliphatic carbocycles. The van der Waals surface area contributed by atoms with E-state index in [-0.39, 0.29) is 5.12 Å². The molecule has 0 saturated carbocycles. The van der Waals surface area contributed by atoms with Crippen molar-refractivity contribution in [1.82, 2.24) is 0 Å². The van der Waals surface area contributed by atoms with Crippen LogP contribution in [0.2, 0.25) is 0 Å². The summed E-state index contributed by atoms with van der Waals surface area (Å²) >= 11 is 1.34. The SMILES string of the molecule is C=C/C=C(/N=Nc1ccc(N(C)CCSC(C)=O)cc1)c1ccccc1NCC. The maximum absolute atomic E-state index is 11.0. The van der Waals surface area contributed by atoms with Gasteiger partial charge in [0.2, 0.25) is 0 Å². The van der Waals surface area contributed by atoms with Gasteiger partial charge in [-0.1, -0.05) is 42.6 Å². The van der Waals surface area contributed by atoms with E-state index in [0.29, 0.717) is 0 Å². The summed E-state index contributed by atoms with van der Waals surface area (Å²) in [4.78, 5) is 13.2. The highest BCUT2D eigenvalue weighted by Gasteiger charge is 2.06. The van der Waals surface area contributed by atoms with E-state index in [0.717, 1.165) is 47.2 Å². The average molecular weight is 409 g/mol. The van der Waals surface area contributed by atoms with Crippen molar-refractivity contribution in [2.75, 3.05) is 36.1 Å². The number of carbonyl (C=O) groups excluding carboxylic acids is 1. The van der Waals surface area contributed by atoms with E-state index in [2.05, 4.69) is 33.9 Å². The minimum Gasteiger partial charge on any atom is -0.385 e. The van der Waals surface area contributed by atoms with Gasteiger partial charge in [-0.3, -0.25) is 4.79 Å². The zero-order valence-electron chi connectivity index (χ0n) is 17.3. The van der Waals surface area contributed by atoms with Crippen LogP contribution in [0.5, 0.6) is 0 Å². The van der Waals surface area contributed by atoms with Crippen molar-refractivity contribution in [1.29, 1.82) is 0 Å². The molecule has 0 amide bonds. The summed E-state index contributed by atoms with van der Waals surface area (Å²) in [6.45, 7) is 9.08. The first-order valence-corrected chi connectivity index (χ1v) is 10.6. The lowest BCUT2D eigenvalue weighted by molar-refractivity contribution is -0.109. The average Bonchev–Trinajstić information content (AvgIpc) is 2.72. The third kappa shape index (κ3) is 7.23. The second-order valence-electron chi connectivity index (χ2n) is 6.34. The molecule has 0 radical (unpaired) electrons. The topological polar surface area (TPSA) is 57.1 Å². The Kier molecular flexibility index (Phi) is 9.18. The van der Waals surface area contributed by atoms with E-state index in [1.54, 1.807) is 13.0 Å². The molecule has 2 rings (SSSR count). The quantitative estimate of drug-likeness (QED) is 0.379. The lowest BCUT2D eigenvalue weighted by Crippen LogP contribution is -2.20. The summed E-state index contributed by atoms with van der Waals surface area (Å²) in [7, 11) is 2.01. The first-order chi connectivity index (χ1) is 14.0. The molecule has 6 heteroatoms. The highest BCUT2D eigenvalue weighted by molar-refractivity contribution is 8.13. The number of para-hydroxylation sites is 1. The Labute approximate surface area is 177 Å². The van der Waals surface area contributed by atoms with Gasteiger partial charge in [0.15, 0.2) is 5.12 Å². The standard InChI is InChI=1S/C23H28N4OS/c1-5-9-23(21-10-7-8-11-22(21)24-6-2)26-25-19-12-14-20(15-13-19)27(4)16-17-29-18(3)28/h5,7-15,24H,1,6,16-17H2,2-4H3/b23-9+,26-25?. The zero-order chi connectivity index (χ0) is 21.1. The number of hydrogen-bond acceptors (Lipinski definition) is 6. The fourth-order valence-corrected chi connectivity index (χ4v) is 3.33. The molecule has 0 aliphatic heterocycles. The van der Waals surface area contributed by atoms with Crippen LogP contribution in [0, 0.1) is 0 Å². The number of hydrogen-bond donors (Lipinski definition) is 1. The minimum absolute atomic E-state index is 0.147. The molecule has 152 valence electrons. The van der Waals surface area contributed by atoms with Crippen molar-refractivity contribution in [2.45, 2.75) is 13.8 Å². The molecular formula is C23H28N4OS. The van der Waals surface area contributed by atoms with Crippen molar-refractivity contribution >= 4 is 39.6 Å². The molecule has 2 aromatic carbocycles. The van der Waals surface area contributed by atoms with Gasteiger partial charge in [-0.05, 0) is 43.3 Å². The number of nitrogens with zero attached hydrogens (tertiary/aromatic N) is 3. The molecule has 1 N–H and O–H groups in total. The first kappa shape index (κ1) is 22.4.